The minimum absolute atomic E-state index is 0.407. The first-order valence-electron chi connectivity index (χ1n) is 3.22. The zero-order valence-electron chi connectivity index (χ0n) is 6.43. The van der Waals surface area contributed by atoms with Crippen LogP contribution in [0.2, 0.25) is 0 Å². The van der Waals surface area contributed by atoms with Gasteiger partial charge in [0, 0.05) is 6.07 Å². The molecular weight excluding hydrogens is 260 g/mol. The van der Waals surface area contributed by atoms with Crippen LogP contribution in [0.15, 0.2) is 15.4 Å². The number of aryl methyl sites for hydroxylation is 1. The SMILES string of the molecule is Cc1cc(=O)n(C(Cl)C(Cl)(Cl)Cl)o1. The van der Waals surface area contributed by atoms with Crippen LogP contribution >= 0.6 is 46.4 Å². The molecule has 7 heteroatoms. The molecule has 0 bridgehead atoms. The van der Waals surface area contributed by atoms with Crippen molar-refractivity contribution in [2.24, 2.45) is 0 Å². The van der Waals surface area contributed by atoms with Crippen LogP contribution in [0, 0.1) is 6.92 Å². The highest BCUT2D eigenvalue weighted by molar-refractivity contribution is 6.69. The van der Waals surface area contributed by atoms with E-state index < -0.39 is 14.9 Å². The van der Waals surface area contributed by atoms with Crippen molar-refractivity contribution in [3.8, 4) is 0 Å². The molecule has 1 rings (SSSR count). The molecular formula is C6H5Cl4NO2. The molecule has 0 spiro atoms. The standard InChI is InChI=1S/C6H5Cl4NO2/c1-3-2-4(12)11(13-3)5(7)6(8,9)10/h2,5H,1H3. The quantitative estimate of drug-likeness (QED) is 0.732. The Labute approximate surface area is 94.1 Å². The van der Waals surface area contributed by atoms with Gasteiger partial charge in [-0.05, 0) is 6.92 Å². The van der Waals surface area contributed by atoms with Crippen LogP contribution in [0.5, 0.6) is 0 Å². The zero-order chi connectivity index (χ0) is 10.2. The lowest BCUT2D eigenvalue weighted by molar-refractivity contribution is 0.242. The van der Waals surface area contributed by atoms with Gasteiger partial charge in [0.1, 0.15) is 5.76 Å². The minimum atomic E-state index is -1.78. The number of halogens is 4. The van der Waals surface area contributed by atoms with E-state index in [2.05, 4.69) is 0 Å². The van der Waals surface area contributed by atoms with Gasteiger partial charge in [-0.25, -0.2) is 0 Å². The average Bonchev–Trinajstić information content (AvgIpc) is 2.26. The summed E-state index contributed by atoms with van der Waals surface area (Å²) in [5.41, 5.74) is -1.59. The molecule has 0 fully saturated rings. The Kier molecular flexibility index (Phi) is 3.23. The van der Waals surface area contributed by atoms with Gasteiger partial charge >= 0.3 is 0 Å². The molecule has 74 valence electrons. The van der Waals surface area contributed by atoms with Crippen molar-refractivity contribution in [3.63, 3.8) is 0 Å². The molecule has 0 aliphatic heterocycles. The van der Waals surface area contributed by atoms with Crippen molar-refractivity contribution in [1.82, 2.24) is 4.74 Å². The van der Waals surface area contributed by atoms with Gasteiger partial charge in [0.15, 0.2) is 5.50 Å². The van der Waals surface area contributed by atoms with Crippen LogP contribution in [0.3, 0.4) is 0 Å². The van der Waals surface area contributed by atoms with Crippen LogP contribution < -0.4 is 5.56 Å². The Morgan fingerprint density at radius 1 is 1.54 bits per heavy atom. The highest BCUT2D eigenvalue weighted by Crippen LogP contribution is 2.40. The number of alkyl halides is 4. The molecule has 13 heavy (non-hydrogen) atoms. The maximum absolute atomic E-state index is 11.1. The van der Waals surface area contributed by atoms with Gasteiger partial charge in [0.25, 0.3) is 5.56 Å². The van der Waals surface area contributed by atoms with E-state index in [-0.39, 0.29) is 0 Å². The molecule has 0 saturated heterocycles. The topological polar surface area (TPSA) is 35.1 Å². The van der Waals surface area contributed by atoms with E-state index in [4.69, 9.17) is 50.9 Å². The Hall–Kier alpha value is 0.170. The zero-order valence-corrected chi connectivity index (χ0v) is 9.45. The first-order chi connectivity index (χ1) is 5.82. The normalized spacial score (nSPS) is 14.5. The van der Waals surface area contributed by atoms with Crippen molar-refractivity contribution in [2.75, 3.05) is 0 Å². The van der Waals surface area contributed by atoms with Crippen molar-refractivity contribution < 1.29 is 4.52 Å². The lowest BCUT2D eigenvalue weighted by Gasteiger charge is -2.16. The van der Waals surface area contributed by atoms with Crippen LogP contribution in [0.4, 0.5) is 0 Å². The van der Waals surface area contributed by atoms with Gasteiger partial charge in [-0.15, -0.1) is 4.74 Å². The van der Waals surface area contributed by atoms with E-state index in [1.807, 2.05) is 0 Å². The van der Waals surface area contributed by atoms with Crippen molar-refractivity contribution in [1.29, 1.82) is 0 Å². The Morgan fingerprint density at radius 2 is 2.08 bits per heavy atom. The highest BCUT2D eigenvalue weighted by atomic mass is 35.6. The van der Waals surface area contributed by atoms with Gasteiger partial charge < -0.3 is 4.52 Å². The smallest absolute Gasteiger partial charge is 0.284 e. The fourth-order valence-electron chi connectivity index (χ4n) is 0.755. The molecule has 0 saturated carbocycles. The van der Waals surface area contributed by atoms with Crippen molar-refractivity contribution in [2.45, 2.75) is 16.2 Å². The second-order valence-corrected chi connectivity index (χ2v) is 5.17. The Balaban J connectivity index is 3.09. The van der Waals surface area contributed by atoms with E-state index >= 15 is 0 Å². The number of hydrogen-bond acceptors (Lipinski definition) is 2. The number of nitrogens with zero attached hydrogens (tertiary/aromatic N) is 1. The maximum Gasteiger partial charge on any atom is 0.284 e. The minimum Gasteiger partial charge on any atom is -0.380 e. The highest BCUT2D eigenvalue weighted by Gasteiger charge is 2.35. The predicted molar refractivity (Wildman–Crippen MR) is 52.9 cm³/mol. The molecule has 0 aliphatic carbocycles. The first kappa shape index (κ1) is 11.2. The summed E-state index contributed by atoms with van der Waals surface area (Å²) in [4.78, 5) is 11.1. The third kappa shape index (κ3) is 2.56. The fourth-order valence-corrected chi connectivity index (χ4v) is 1.16. The summed E-state index contributed by atoms with van der Waals surface area (Å²) in [5, 5.41) is 0. The summed E-state index contributed by atoms with van der Waals surface area (Å²) in [6, 6.07) is 1.26. The Morgan fingerprint density at radius 3 is 2.38 bits per heavy atom. The maximum atomic E-state index is 11.1. The van der Waals surface area contributed by atoms with Crippen LogP contribution in [-0.2, 0) is 0 Å². The van der Waals surface area contributed by atoms with Gasteiger partial charge in [-0.3, -0.25) is 4.79 Å². The number of aromatic nitrogens is 1. The molecule has 1 atom stereocenters. The Bertz CT molecular complexity index is 350. The predicted octanol–water partition coefficient (Wildman–Crippen LogP) is 2.86. The molecule has 0 radical (unpaired) electrons. The van der Waals surface area contributed by atoms with E-state index in [0.717, 1.165) is 4.74 Å². The second kappa shape index (κ2) is 3.73. The van der Waals surface area contributed by atoms with Crippen LogP contribution in [0.1, 0.15) is 11.3 Å². The molecule has 3 nitrogen and oxygen atoms in total. The fraction of sp³-hybridized carbons (Fsp3) is 0.500. The van der Waals surface area contributed by atoms with E-state index in [1.165, 1.54) is 6.07 Å². The molecule has 1 aromatic rings. The number of hydrogen-bond donors (Lipinski definition) is 0. The summed E-state index contributed by atoms with van der Waals surface area (Å²) in [5.74, 6) is 0.407. The van der Waals surface area contributed by atoms with Gasteiger partial charge in [0.05, 0.1) is 0 Å². The summed E-state index contributed by atoms with van der Waals surface area (Å²) >= 11 is 22.1. The van der Waals surface area contributed by atoms with Crippen molar-refractivity contribution in [3.05, 3.63) is 22.2 Å². The summed E-state index contributed by atoms with van der Waals surface area (Å²) in [6.07, 6.45) is 0. The third-order valence-corrected chi connectivity index (χ3v) is 2.72. The largest absolute Gasteiger partial charge is 0.380 e. The molecule has 1 unspecified atom stereocenters. The molecule has 0 N–H and O–H groups in total. The van der Waals surface area contributed by atoms with Crippen LogP contribution in [-0.4, -0.2) is 8.53 Å². The average molecular weight is 265 g/mol. The summed E-state index contributed by atoms with van der Waals surface area (Å²) in [7, 11) is 0. The molecule has 0 amide bonds. The molecule has 0 aliphatic rings. The molecule has 1 aromatic heterocycles. The monoisotopic (exact) mass is 263 g/mol. The van der Waals surface area contributed by atoms with Gasteiger partial charge in [-0.2, -0.15) is 0 Å². The summed E-state index contributed by atoms with van der Waals surface area (Å²) < 4.78 is 3.95. The molecule has 1 heterocycles. The van der Waals surface area contributed by atoms with Gasteiger partial charge in [0.2, 0.25) is 3.79 Å². The third-order valence-electron chi connectivity index (χ3n) is 1.26. The van der Waals surface area contributed by atoms with Crippen molar-refractivity contribution >= 4 is 46.4 Å². The van der Waals surface area contributed by atoms with E-state index in [0.29, 0.717) is 5.76 Å². The first-order valence-corrected chi connectivity index (χ1v) is 4.79. The molecule has 0 aromatic carbocycles. The van der Waals surface area contributed by atoms with Crippen LogP contribution in [0.25, 0.3) is 0 Å². The second-order valence-electron chi connectivity index (χ2n) is 2.39. The van der Waals surface area contributed by atoms with E-state index in [1.54, 1.807) is 6.92 Å². The van der Waals surface area contributed by atoms with Gasteiger partial charge in [-0.1, -0.05) is 46.4 Å². The summed E-state index contributed by atoms with van der Waals surface area (Å²) in [6.45, 7) is 1.60. The number of rotatable bonds is 1. The lowest BCUT2D eigenvalue weighted by Crippen LogP contribution is -2.25. The lowest BCUT2D eigenvalue weighted by atomic mass is 10.5. The van der Waals surface area contributed by atoms with E-state index in [9.17, 15) is 4.79 Å².